The number of nitrogens with zero attached hydrogens (tertiary/aromatic N) is 1. The third-order valence-electron chi connectivity index (χ3n) is 6.42. The van der Waals surface area contributed by atoms with Crippen LogP contribution in [0.15, 0.2) is 42.5 Å². The second-order valence-electron chi connectivity index (χ2n) is 7.64. The van der Waals surface area contributed by atoms with Gasteiger partial charge in [0.25, 0.3) is 0 Å². The number of halogens is 1. The van der Waals surface area contributed by atoms with Crippen LogP contribution in [0, 0.1) is 9.49 Å². The highest BCUT2D eigenvalue weighted by atomic mass is 127. The van der Waals surface area contributed by atoms with Crippen LogP contribution in [0.3, 0.4) is 0 Å². The summed E-state index contributed by atoms with van der Waals surface area (Å²) in [6.07, 6.45) is 2.25. The van der Waals surface area contributed by atoms with Crippen LogP contribution in [0.4, 0.5) is 0 Å². The Morgan fingerprint density at radius 2 is 2.00 bits per heavy atom. The molecule has 0 amide bonds. The smallest absolute Gasteiger partial charge is 0.129 e. The summed E-state index contributed by atoms with van der Waals surface area (Å²) in [5, 5.41) is 10.2. The molecule has 0 spiro atoms. The van der Waals surface area contributed by atoms with Crippen molar-refractivity contribution in [3.8, 4) is 5.75 Å². The second-order valence-corrected chi connectivity index (χ2v) is 8.81. The number of piperidine rings is 1. The second kappa shape index (κ2) is 6.03. The van der Waals surface area contributed by atoms with Crippen LogP contribution in [0.5, 0.6) is 5.75 Å². The lowest BCUT2D eigenvalue weighted by molar-refractivity contribution is 0.0257. The molecule has 0 unspecified atom stereocenters. The van der Waals surface area contributed by atoms with Crippen molar-refractivity contribution in [3.63, 3.8) is 0 Å². The Labute approximate surface area is 158 Å². The first-order chi connectivity index (χ1) is 11.5. The van der Waals surface area contributed by atoms with Gasteiger partial charge >= 0.3 is 0 Å². The van der Waals surface area contributed by atoms with Gasteiger partial charge in [-0.1, -0.05) is 44.2 Å². The number of hydrogen-bond donors (Lipinski definition) is 1. The normalized spacial score (nSPS) is 29.3. The lowest BCUT2D eigenvalue weighted by atomic mass is 9.59. The van der Waals surface area contributed by atoms with Crippen LogP contribution in [0.1, 0.15) is 37.0 Å². The molecule has 1 aliphatic carbocycles. The van der Waals surface area contributed by atoms with E-state index in [1.807, 2.05) is 6.07 Å². The van der Waals surface area contributed by atoms with Gasteiger partial charge in [0.05, 0.1) is 3.57 Å². The number of aromatic hydroxyl groups is 1. The predicted octanol–water partition coefficient (Wildman–Crippen LogP) is 4.72. The number of likely N-dealkylation sites (tertiary alicyclic amines) is 1. The third-order valence-corrected chi connectivity index (χ3v) is 7.28. The minimum absolute atomic E-state index is 0.174. The minimum Gasteiger partial charge on any atom is -0.507 e. The van der Waals surface area contributed by atoms with Crippen LogP contribution in [-0.2, 0) is 18.4 Å². The van der Waals surface area contributed by atoms with Gasteiger partial charge in [-0.05, 0) is 82.1 Å². The maximum absolute atomic E-state index is 10.2. The number of phenolic OH excluding ortho intramolecular Hbond substituents is 1. The molecule has 2 bridgehead atoms. The van der Waals surface area contributed by atoms with Gasteiger partial charge in [0, 0.05) is 12.6 Å². The van der Waals surface area contributed by atoms with Gasteiger partial charge < -0.3 is 5.11 Å². The highest BCUT2D eigenvalue weighted by Gasteiger charge is 2.48. The summed E-state index contributed by atoms with van der Waals surface area (Å²) < 4.78 is 0.970. The van der Waals surface area contributed by atoms with Crippen LogP contribution >= 0.6 is 22.6 Å². The van der Waals surface area contributed by atoms with E-state index >= 15 is 0 Å². The Hall–Kier alpha value is -1.07. The first-order valence-electron chi connectivity index (χ1n) is 8.79. The van der Waals surface area contributed by atoms with E-state index in [1.54, 1.807) is 0 Å². The molecule has 2 aromatic carbocycles. The highest BCUT2D eigenvalue weighted by molar-refractivity contribution is 14.1. The molecule has 1 aliphatic heterocycles. The Morgan fingerprint density at radius 3 is 2.75 bits per heavy atom. The van der Waals surface area contributed by atoms with Crippen molar-refractivity contribution in [1.29, 1.82) is 0 Å². The van der Waals surface area contributed by atoms with Crippen molar-refractivity contribution >= 4 is 22.6 Å². The fourth-order valence-corrected chi connectivity index (χ4v) is 5.27. The van der Waals surface area contributed by atoms with Crippen molar-refractivity contribution < 1.29 is 5.11 Å². The molecule has 126 valence electrons. The molecule has 0 saturated carbocycles. The fourth-order valence-electron chi connectivity index (χ4n) is 4.74. The van der Waals surface area contributed by atoms with Gasteiger partial charge in [0.2, 0.25) is 0 Å². The van der Waals surface area contributed by atoms with Crippen molar-refractivity contribution in [3.05, 3.63) is 62.7 Å². The monoisotopic (exact) mass is 433 g/mol. The summed E-state index contributed by atoms with van der Waals surface area (Å²) in [5.74, 6) is 1.04. The van der Waals surface area contributed by atoms with E-state index < -0.39 is 0 Å². The number of hydrogen-bond acceptors (Lipinski definition) is 2. The molecule has 1 fully saturated rings. The van der Waals surface area contributed by atoms with Crippen molar-refractivity contribution in [2.45, 2.75) is 44.7 Å². The summed E-state index contributed by atoms with van der Waals surface area (Å²) in [7, 11) is 0. The Morgan fingerprint density at radius 1 is 1.25 bits per heavy atom. The van der Waals surface area contributed by atoms with E-state index in [0.29, 0.717) is 17.7 Å². The maximum atomic E-state index is 10.2. The number of benzene rings is 2. The van der Waals surface area contributed by atoms with E-state index in [-0.39, 0.29) is 5.41 Å². The van der Waals surface area contributed by atoms with E-state index in [0.717, 1.165) is 29.5 Å². The Balaban J connectivity index is 1.69. The molecule has 1 N–H and O–H groups in total. The molecular formula is C21H24INO. The molecule has 2 aliphatic rings. The summed E-state index contributed by atoms with van der Waals surface area (Å²) in [6, 6.07) is 15.6. The molecule has 2 nitrogen and oxygen atoms in total. The molecule has 2 aromatic rings. The summed E-state index contributed by atoms with van der Waals surface area (Å²) >= 11 is 2.24. The standard InChI is InChI=1S/C21H24INO/c1-14-19-11-16-10-18(22)20(24)12-17(16)21(14,2)8-9-23(19)13-15-6-4-3-5-7-15/h3-7,10,12,14,19,24H,8-9,11,13H2,1-2H3/t14-,19+,21-/m1/s1. The SMILES string of the molecule is C[C@@H]1[C@@H]2Cc3cc(I)c(O)cc3[C@]1(C)CCN2Cc1ccccc1. The molecule has 24 heavy (non-hydrogen) atoms. The predicted molar refractivity (Wildman–Crippen MR) is 106 cm³/mol. The topological polar surface area (TPSA) is 23.5 Å². The van der Waals surface area contributed by atoms with Gasteiger partial charge in [-0.3, -0.25) is 4.90 Å². The molecule has 3 heteroatoms. The lowest BCUT2D eigenvalue weighted by Gasteiger charge is -2.54. The highest BCUT2D eigenvalue weighted by Crippen LogP contribution is 2.50. The van der Waals surface area contributed by atoms with Crippen molar-refractivity contribution in [2.24, 2.45) is 5.92 Å². The van der Waals surface area contributed by atoms with Crippen molar-refractivity contribution in [1.82, 2.24) is 4.90 Å². The third kappa shape index (κ3) is 2.57. The van der Waals surface area contributed by atoms with Gasteiger partial charge in [-0.15, -0.1) is 0 Å². The van der Waals surface area contributed by atoms with E-state index in [2.05, 4.69) is 77.7 Å². The zero-order chi connectivity index (χ0) is 16.9. The Bertz CT molecular complexity index is 760. The summed E-state index contributed by atoms with van der Waals surface area (Å²) in [4.78, 5) is 2.67. The lowest BCUT2D eigenvalue weighted by Crippen LogP contribution is -2.57. The molecule has 1 saturated heterocycles. The van der Waals surface area contributed by atoms with Gasteiger partial charge in [0.1, 0.15) is 5.75 Å². The number of rotatable bonds is 2. The molecular weight excluding hydrogens is 409 g/mol. The maximum Gasteiger partial charge on any atom is 0.129 e. The average molecular weight is 433 g/mol. The van der Waals surface area contributed by atoms with Crippen LogP contribution in [0.25, 0.3) is 0 Å². The molecule has 0 radical (unpaired) electrons. The fraction of sp³-hybridized carbons (Fsp3) is 0.429. The molecule has 0 aromatic heterocycles. The van der Waals surface area contributed by atoms with Crippen LogP contribution in [-0.4, -0.2) is 22.6 Å². The van der Waals surface area contributed by atoms with Gasteiger partial charge in [-0.25, -0.2) is 0 Å². The van der Waals surface area contributed by atoms with Crippen LogP contribution < -0.4 is 0 Å². The van der Waals surface area contributed by atoms with Crippen molar-refractivity contribution in [2.75, 3.05) is 6.54 Å². The van der Waals surface area contributed by atoms with Crippen LogP contribution in [0.2, 0.25) is 0 Å². The molecule has 1 heterocycles. The van der Waals surface area contributed by atoms with Gasteiger partial charge in [0.15, 0.2) is 0 Å². The first kappa shape index (κ1) is 16.4. The molecule has 4 rings (SSSR count). The zero-order valence-electron chi connectivity index (χ0n) is 14.3. The minimum atomic E-state index is 0.174. The average Bonchev–Trinajstić information content (AvgIpc) is 2.57. The van der Waals surface area contributed by atoms with Gasteiger partial charge in [-0.2, -0.15) is 0 Å². The number of fused-ring (bicyclic) bond motifs is 4. The largest absolute Gasteiger partial charge is 0.507 e. The number of phenols is 1. The van der Waals surface area contributed by atoms with E-state index in [9.17, 15) is 5.11 Å². The zero-order valence-corrected chi connectivity index (χ0v) is 16.5. The summed E-state index contributed by atoms with van der Waals surface area (Å²) in [5.41, 5.74) is 4.39. The first-order valence-corrected chi connectivity index (χ1v) is 9.87. The van der Waals surface area contributed by atoms with E-state index in [4.69, 9.17) is 0 Å². The van der Waals surface area contributed by atoms with E-state index in [1.165, 1.54) is 16.7 Å². The quantitative estimate of drug-likeness (QED) is 0.693. The Kier molecular flexibility index (Phi) is 4.12. The summed E-state index contributed by atoms with van der Waals surface area (Å²) in [6.45, 7) is 6.97. The molecule has 3 atom stereocenters.